The average Bonchev–Trinajstić information content (AvgIpc) is 3.29. The van der Waals surface area contributed by atoms with Gasteiger partial charge in [0.05, 0.1) is 24.4 Å². The quantitative estimate of drug-likeness (QED) is 0.776. The second-order valence-electron chi connectivity index (χ2n) is 5.98. The first-order valence-electron chi connectivity index (χ1n) is 7.53. The van der Waals surface area contributed by atoms with Crippen LogP contribution in [0.4, 0.5) is 0 Å². The molecule has 1 aromatic carbocycles. The minimum Gasteiger partial charge on any atom is -0.489 e. The Labute approximate surface area is 144 Å². The Bertz CT molecular complexity index is 811. The zero-order valence-corrected chi connectivity index (χ0v) is 14.1. The normalized spacial score (nSPS) is 22.0. The van der Waals surface area contributed by atoms with Gasteiger partial charge in [-0.15, -0.1) is 4.91 Å². The lowest BCUT2D eigenvalue weighted by molar-refractivity contribution is -0.119. The SMILES string of the molecule is Cc1ncc(OCC2(c3ccccc3Cl)CC2C(=O)N=O)c(C)n1. The fraction of sp³-hybridized carbons (Fsp3) is 0.353. The van der Waals surface area contributed by atoms with Crippen LogP contribution in [0.2, 0.25) is 5.02 Å². The molecule has 0 aliphatic heterocycles. The summed E-state index contributed by atoms with van der Waals surface area (Å²) in [6.07, 6.45) is 2.09. The molecule has 0 spiro atoms. The summed E-state index contributed by atoms with van der Waals surface area (Å²) in [4.78, 5) is 30.8. The van der Waals surface area contributed by atoms with Crippen LogP contribution in [0.1, 0.15) is 23.5 Å². The number of hydrogen-bond donors (Lipinski definition) is 0. The molecule has 7 heteroatoms. The van der Waals surface area contributed by atoms with Crippen molar-refractivity contribution in [3.8, 4) is 5.75 Å². The predicted molar refractivity (Wildman–Crippen MR) is 89.0 cm³/mol. The molecule has 1 fully saturated rings. The van der Waals surface area contributed by atoms with Gasteiger partial charge in [0, 0.05) is 15.6 Å². The molecule has 2 aromatic rings. The van der Waals surface area contributed by atoms with E-state index in [1.54, 1.807) is 19.2 Å². The van der Waals surface area contributed by atoms with Gasteiger partial charge in [0.2, 0.25) is 0 Å². The van der Waals surface area contributed by atoms with E-state index >= 15 is 0 Å². The van der Waals surface area contributed by atoms with Gasteiger partial charge in [0.25, 0.3) is 5.91 Å². The first-order valence-corrected chi connectivity index (χ1v) is 7.91. The van der Waals surface area contributed by atoms with Crippen molar-refractivity contribution in [2.45, 2.75) is 25.7 Å². The Morgan fingerprint density at radius 3 is 2.83 bits per heavy atom. The van der Waals surface area contributed by atoms with E-state index in [1.807, 2.05) is 25.1 Å². The van der Waals surface area contributed by atoms with Crippen molar-refractivity contribution in [2.75, 3.05) is 6.61 Å². The molecule has 24 heavy (non-hydrogen) atoms. The summed E-state index contributed by atoms with van der Waals surface area (Å²) in [5, 5.41) is 3.11. The van der Waals surface area contributed by atoms with E-state index in [-0.39, 0.29) is 6.61 Å². The summed E-state index contributed by atoms with van der Waals surface area (Å²) in [6, 6.07) is 7.27. The predicted octanol–water partition coefficient (Wildman–Crippen LogP) is 3.38. The second-order valence-corrected chi connectivity index (χ2v) is 6.38. The Morgan fingerprint density at radius 1 is 1.42 bits per heavy atom. The maximum atomic E-state index is 11.8. The zero-order valence-electron chi connectivity index (χ0n) is 13.3. The van der Waals surface area contributed by atoms with Gasteiger partial charge in [-0.1, -0.05) is 29.8 Å². The summed E-state index contributed by atoms with van der Waals surface area (Å²) >= 11 is 6.30. The Morgan fingerprint density at radius 2 is 2.17 bits per heavy atom. The van der Waals surface area contributed by atoms with Crippen molar-refractivity contribution in [1.29, 1.82) is 0 Å². The number of amides is 1. The summed E-state index contributed by atoms with van der Waals surface area (Å²) in [5.41, 5.74) is 0.869. The number of aromatic nitrogens is 2. The number of aryl methyl sites for hydroxylation is 2. The van der Waals surface area contributed by atoms with Crippen molar-refractivity contribution < 1.29 is 9.53 Å². The lowest BCUT2D eigenvalue weighted by Crippen LogP contribution is -2.23. The van der Waals surface area contributed by atoms with Crippen molar-refractivity contribution in [3.63, 3.8) is 0 Å². The summed E-state index contributed by atoms with van der Waals surface area (Å²) in [7, 11) is 0. The molecule has 0 N–H and O–H groups in total. The Balaban J connectivity index is 1.89. The molecular formula is C17H16ClN3O3. The number of carbonyl (C=O) groups is 1. The van der Waals surface area contributed by atoms with Crippen LogP contribution in [-0.4, -0.2) is 22.5 Å². The number of carbonyl (C=O) groups excluding carboxylic acids is 1. The molecule has 0 bridgehead atoms. The number of nitrogens with zero attached hydrogens (tertiary/aromatic N) is 3. The van der Waals surface area contributed by atoms with Gasteiger partial charge in [-0.25, -0.2) is 9.97 Å². The fourth-order valence-corrected chi connectivity index (χ4v) is 3.34. The summed E-state index contributed by atoms with van der Waals surface area (Å²) < 4.78 is 5.87. The highest BCUT2D eigenvalue weighted by atomic mass is 35.5. The average molecular weight is 346 g/mol. The minimum absolute atomic E-state index is 0.204. The number of halogens is 1. The third-order valence-electron chi connectivity index (χ3n) is 4.41. The molecular weight excluding hydrogens is 330 g/mol. The van der Waals surface area contributed by atoms with E-state index in [0.717, 1.165) is 5.56 Å². The zero-order chi connectivity index (χ0) is 17.3. The smallest absolute Gasteiger partial charge is 0.290 e. The molecule has 0 saturated heterocycles. The molecule has 2 unspecified atom stereocenters. The highest BCUT2D eigenvalue weighted by Crippen LogP contribution is 2.56. The third kappa shape index (κ3) is 2.89. The highest BCUT2D eigenvalue weighted by Gasteiger charge is 2.61. The summed E-state index contributed by atoms with van der Waals surface area (Å²) in [6.45, 7) is 3.83. The number of ether oxygens (including phenoxy) is 1. The van der Waals surface area contributed by atoms with Crippen LogP contribution in [0.3, 0.4) is 0 Å². The first kappa shape index (κ1) is 16.5. The Kier molecular flexibility index (Phi) is 4.32. The van der Waals surface area contributed by atoms with E-state index in [2.05, 4.69) is 15.1 Å². The molecule has 6 nitrogen and oxygen atoms in total. The van der Waals surface area contributed by atoms with E-state index < -0.39 is 17.2 Å². The van der Waals surface area contributed by atoms with Gasteiger partial charge < -0.3 is 4.74 Å². The minimum atomic E-state index is -0.671. The van der Waals surface area contributed by atoms with E-state index in [0.29, 0.717) is 28.7 Å². The molecule has 1 heterocycles. The lowest BCUT2D eigenvalue weighted by atomic mass is 9.93. The number of benzene rings is 1. The monoisotopic (exact) mass is 345 g/mol. The topological polar surface area (TPSA) is 81.5 Å². The van der Waals surface area contributed by atoms with Crippen LogP contribution in [0.5, 0.6) is 5.75 Å². The van der Waals surface area contributed by atoms with E-state index in [4.69, 9.17) is 16.3 Å². The lowest BCUT2D eigenvalue weighted by Gasteiger charge is -2.20. The van der Waals surface area contributed by atoms with E-state index in [1.165, 1.54) is 0 Å². The van der Waals surface area contributed by atoms with Gasteiger partial charge in [-0.2, -0.15) is 0 Å². The molecule has 1 aliphatic rings. The number of rotatable bonds is 5. The number of hydrogen-bond acceptors (Lipinski definition) is 5. The van der Waals surface area contributed by atoms with Crippen molar-refractivity contribution in [3.05, 3.63) is 57.5 Å². The maximum Gasteiger partial charge on any atom is 0.290 e. The van der Waals surface area contributed by atoms with Crippen LogP contribution >= 0.6 is 11.6 Å². The van der Waals surface area contributed by atoms with Gasteiger partial charge in [0.15, 0.2) is 5.75 Å². The first-order chi connectivity index (χ1) is 11.5. The van der Waals surface area contributed by atoms with Crippen molar-refractivity contribution in [2.24, 2.45) is 11.1 Å². The van der Waals surface area contributed by atoms with Gasteiger partial charge >= 0.3 is 0 Å². The van der Waals surface area contributed by atoms with Crippen LogP contribution in [-0.2, 0) is 10.2 Å². The molecule has 124 valence electrons. The van der Waals surface area contributed by atoms with Gasteiger partial charge in [-0.3, -0.25) is 4.79 Å². The second kappa shape index (κ2) is 6.28. The van der Waals surface area contributed by atoms with Crippen LogP contribution < -0.4 is 4.74 Å². The Hall–Kier alpha value is -2.34. The largest absolute Gasteiger partial charge is 0.489 e. The summed E-state index contributed by atoms with van der Waals surface area (Å²) in [5.74, 6) is 0.0199. The third-order valence-corrected chi connectivity index (χ3v) is 4.74. The van der Waals surface area contributed by atoms with Gasteiger partial charge in [-0.05, 0) is 31.9 Å². The van der Waals surface area contributed by atoms with Crippen molar-refractivity contribution in [1.82, 2.24) is 9.97 Å². The molecule has 3 rings (SSSR count). The maximum absolute atomic E-state index is 11.8. The number of nitroso groups, excluding NO2 is 1. The van der Waals surface area contributed by atoms with E-state index in [9.17, 15) is 9.70 Å². The molecule has 1 saturated carbocycles. The molecule has 1 amide bonds. The molecule has 2 atom stereocenters. The van der Waals surface area contributed by atoms with Crippen LogP contribution in [0, 0.1) is 24.7 Å². The standard InChI is InChI=1S/C17H16ClN3O3/c1-10-15(8-19-11(2)20-10)24-9-17(7-13(17)16(22)21-23)12-5-3-4-6-14(12)18/h3-6,8,13H,7,9H2,1-2H3. The fourth-order valence-electron chi connectivity index (χ4n) is 3.01. The van der Waals surface area contributed by atoms with Crippen LogP contribution in [0.25, 0.3) is 0 Å². The highest BCUT2D eigenvalue weighted by molar-refractivity contribution is 6.31. The van der Waals surface area contributed by atoms with Crippen molar-refractivity contribution >= 4 is 17.5 Å². The molecule has 1 aliphatic carbocycles. The molecule has 0 radical (unpaired) electrons. The molecule has 1 aromatic heterocycles. The van der Waals surface area contributed by atoms with Gasteiger partial charge in [0.1, 0.15) is 5.82 Å². The van der Waals surface area contributed by atoms with Crippen LogP contribution in [0.15, 0.2) is 35.6 Å².